The highest BCUT2D eigenvalue weighted by Crippen LogP contribution is 2.22. The lowest BCUT2D eigenvalue weighted by atomic mass is 10.3. The van der Waals surface area contributed by atoms with Gasteiger partial charge in [-0.05, 0) is 17.5 Å². The van der Waals surface area contributed by atoms with E-state index in [-0.39, 0.29) is 5.69 Å². The topological polar surface area (TPSA) is 67.5 Å². The Morgan fingerprint density at radius 3 is 2.82 bits per heavy atom. The van der Waals surface area contributed by atoms with Gasteiger partial charge in [0.1, 0.15) is 5.69 Å². The van der Waals surface area contributed by atoms with Crippen LogP contribution >= 0.6 is 11.3 Å². The SMILES string of the molecule is O=[N+]([O-])c1ccccc1N/N=C\c1cccs1. The van der Waals surface area contributed by atoms with Gasteiger partial charge in [-0.1, -0.05) is 18.2 Å². The summed E-state index contributed by atoms with van der Waals surface area (Å²) in [7, 11) is 0. The number of hydrogen-bond acceptors (Lipinski definition) is 5. The number of thiophene rings is 1. The van der Waals surface area contributed by atoms with Crippen molar-refractivity contribution in [2.75, 3.05) is 5.43 Å². The van der Waals surface area contributed by atoms with E-state index in [1.165, 1.54) is 6.07 Å². The molecular formula is C11H9N3O2S. The van der Waals surface area contributed by atoms with E-state index in [1.54, 1.807) is 35.8 Å². The Morgan fingerprint density at radius 1 is 1.29 bits per heavy atom. The van der Waals surface area contributed by atoms with Gasteiger partial charge in [-0.15, -0.1) is 11.3 Å². The first-order valence-corrected chi connectivity index (χ1v) is 5.71. The van der Waals surface area contributed by atoms with Gasteiger partial charge in [0, 0.05) is 10.9 Å². The molecule has 0 bridgehead atoms. The molecule has 0 aliphatic carbocycles. The van der Waals surface area contributed by atoms with Crippen LogP contribution in [0.4, 0.5) is 11.4 Å². The zero-order valence-electron chi connectivity index (χ0n) is 8.74. The fourth-order valence-electron chi connectivity index (χ4n) is 1.26. The monoisotopic (exact) mass is 247 g/mol. The molecule has 1 heterocycles. The number of nitro benzene ring substituents is 1. The molecule has 1 aromatic heterocycles. The molecule has 0 spiro atoms. The maximum atomic E-state index is 10.7. The van der Waals surface area contributed by atoms with Crippen molar-refractivity contribution >= 4 is 28.9 Å². The molecule has 86 valence electrons. The van der Waals surface area contributed by atoms with Gasteiger partial charge in [0.2, 0.25) is 0 Å². The number of hydrazone groups is 1. The second kappa shape index (κ2) is 5.22. The lowest BCUT2D eigenvalue weighted by Gasteiger charge is -2.00. The summed E-state index contributed by atoms with van der Waals surface area (Å²) in [4.78, 5) is 11.3. The van der Waals surface area contributed by atoms with E-state index in [0.29, 0.717) is 5.69 Å². The molecule has 0 atom stereocenters. The molecule has 0 aliphatic rings. The van der Waals surface area contributed by atoms with Crippen LogP contribution in [-0.2, 0) is 0 Å². The lowest BCUT2D eigenvalue weighted by Crippen LogP contribution is -1.96. The molecule has 0 aliphatic heterocycles. The van der Waals surface area contributed by atoms with E-state index in [9.17, 15) is 10.1 Å². The van der Waals surface area contributed by atoms with Crippen LogP contribution in [0.1, 0.15) is 4.88 Å². The van der Waals surface area contributed by atoms with E-state index in [2.05, 4.69) is 10.5 Å². The second-order valence-corrected chi connectivity index (χ2v) is 4.14. The van der Waals surface area contributed by atoms with Crippen molar-refractivity contribution in [3.8, 4) is 0 Å². The number of nitrogens with zero attached hydrogens (tertiary/aromatic N) is 2. The van der Waals surface area contributed by atoms with Crippen molar-refractivity contribution < 1.29 is 4.92 Å². The van der Waals surface area contributed by atoms with Crippen molar-refractivity contribution in [3.05, 3.63) is 56.8 Å². The first-order chi connectivity index (χ1) is 8.27. The molecule has 17 heavy (non-hydrogen) atoms. The van der Waals surface area contributed by atoms with Crippen LogP contribution < -0.4 is 5.43 Å². The van der Waals surface area contributed by atoms with Crippen LogP contribution in [0.5, 0.6) is 0 Å². The summed E-state index contributed by atoms with van der Waals surface area (Å²) in [5.41, 5.74) is 3.06. The molecule has 2 aromatic rings. The Kier molecular flexibility index (Phi) is 3.46. The number of nitrogens with one attached hydrogen (secondary N) is 1. The van der Waals surface area contributed by atoms with Crippen molar-refractivity contribution in [1.82, 2.24) is 0 Å². The van der Waals surface area contributed by atoms with Gasteiger partial charge >= 0.3 is 0 Å². The summed E-state index contributed by atoms with van der Waals surface area (Å²) in [6, 6.07) is 10.2. The zero-order chi connectivity index (χ0) is 12.1. The average Bonchev–Trinajstić information content (AvgIpc) is 2.82. The molecule has 1 aromatic carbocycles. The molecule has 0 saturated carbocycles. The van der Waals surface area contributed by atoms with Crippen molar-refractivity contribution in [3.63, 3.8) is 0 Å². The summed E-state index contributed by atoms with van der Waals surface area (Å²) in [6.07, 6.45) is 1.63. The third-order valence-electron chi connectivity index (χ3n) is 2.02. The minimum Gasteiger partial charge on any atom is -0.272 e. The van der Waals surface area contributed by atoms with Crippen molar-refractivity contribution in [1.29, 1.82) is 0 Å². The highest BCUT2D eigenvalue weighted by molar-refractivity contribution is 7.11. The van der Waals surface area contributed by atoms with Gasteiger partial charge in [0.25, 0.3) is 5.69 Å². The molecule has 6 heteroatoms. The molecule has 0 fully saturated rings. The Balaban J connectivity index is 2.11. The van der Waals surface area contributed by atoms with Gasteiger partial charge in [0.15, 0.2) is 0 Å². The van der Waals surface area contributed by atoms with E-state index in [4.69, 9.17) is 0 Å². The van der Waals surface area contributed by atoms with E-state index in [0.717, 1.165) is 4.88 Å². The van der Waals surface area contributed by atoms with Crippen LogP contribution in [-0.4, -0.2) is 11.1 Å². The Hall–Kier alpha value is -2.21. The molecule has 0 unspecified atom stereocenters. The van der Waals surface area contributed by atoms with Crippen molar-refractivity contribution in [2.45, 2.75) is 0 Å². The van der Waals surface area contributed by atoms with E-state index >= 15 is 0 Å². The van der Waals surface area contributed by atoms with E-state index < -0.39 is 4.92 Å². The maximum Gasteiger partial charge on any atom is 0.294 e. The van der Waals surface area contributed by atoms with Crippen LogP contribution in [0.25, 0.3) is 0 Å². The maximum absolute atomic E-state index is 10.7. The number of para-hydroxylation sites is 2. The first kappa shape index (κ1) is 11.3. The van der Waals surface area contributed by atoms with E-state index in [1.807, 2.05) is 17.5 Å². The smallest absolute Gasteiger partial charge is 0.272 e. The molecule has 0 saturated heterocycles. The average molecular weight is 247 g/mol. The minimum absolute atomic E-state index is 0.0100. The Labute approximate surface area is 102 Å². The predicted octanol–water partition coefficient (Wildman–Crippen LogP) is 3.10. The number of nitro groups is 1. The largest absolute Gasteiger partial charge is 0.294 e. The summed E-state index contributed by atoms with van der Waals surface area (Å²) in [5, 5.41) is 16.6. The third kappa shape index (κ3) is 2.88. The number of hydrogen-bond donors (Lipinski definition) is 1. The second-order valence-electron chi connectivity index (χ2n) is 3.16. The molecule has 2 rings (SSSR count). The van der Waals surface area contributed by atoms with Crippen LogP contribution in [0.3, 0.4) is 0 Å². The fourth-order valence-corrected chi connectivity index (χ4v) is 1.84. The highest BCUT2D eigenvalue weighted by Gasteiger charge is 2.10. The molecule has 0 amide bonds. The standard InChI is InChI=1S/C11H9N3O2S/c15-14(16)11-6-2-1-5-10(11)13-12-8-9-4-3-7-17-9/h1-8,13H/b12-8-. The third-order valence-corrected chi connectivity index (χ3v) is 2.83. The van der Waals surface area contributed by atoms with Gasteiger partial charge in [-0.3, -0.25) is 15.5 Å². The summed E-state index contributed by atoms with van der Waals surface area (Å²) >= 11 is 1.55. The van der Waals surface area contributed by atoms with Crippen LogP contribution in [0, 0.1) is 10.1 Å². The highest BCUT2D eigenvalue weighted by atomic mass is 32.1. The van der Waals surface area contributed by atoms with Crippen LogP contribution in [0.15, 0.2) is 46.9 Å². The van der Waals surface area contributed by atoms with Crippen molar-refractivity contribution in [2.24, 2.45) is 5.10 Å². The molecular weight excluding hydrogens is 238 g/mol. The number of anilines is 1. The van der Waals surface area contributed by atoms with Gasteiger partial charge in [-0.25, -0.2) is 0 Å². The summed E-state index contributed by atoms with van der Waals surface area (Å²) < 4.78 is 0. The molecule has 0 radical (unpaired) electrons. The zero-order valence-corrected chi connectivity index (χ0v) is 9.55. The molecule has 5 nitrogen and oxygen atoms in total. The Morgan fingerprint density at radius 2 is 2.12 bits per heavy atom. The quantitative estimate of drug-likeness (QED) is 0.512. The normalized spacial score (nSPS) is 10.6. The first-order valence-electron chi connectivity index (χ1n) is 4.83. The molecule has 1 N–H and O–H groups in total. The van der Waals surface area contributed by atoms with Gasteiger partial charge < -0.3 is 0 Å². The number of benzene rings is 1. The fraction of sp³-hybridized carbons (Fsp3) is 0. The predicted molar refractivity (Wildman–Crippen MR) is 68.6 cm³/mol. The lowest BCUT2D eigenvalue weighted by molar-refractivity contribution is -0.384. The minimum atomic E-state index is -0.441. The van der Waals surface area contributed by atoms with Crippen LogP contribution in [0.2, 0.25) is 0 Å². The summed E-state index contributed by atoms with van der Waals surface area (Å²) in [5.74, 6) is 0. The summed E-state index contributed by atoms with van der Waals surface area (Å²) in [6.45, 7) is 0. The van der Waals surface area contributed by atoms with Gasteiger partial charge in [-0.2, -0.15) is 5.10 Å². The van der Waals surface area contributed by atoms with Gasteiger partial charge in [0.05, 0.1) is 11.1 Å². The Bertz CT molecular complexity index is 537. The number of rotatable bonds is 4.